The zero-order valence-electron chi connectivity index (χ0n) is 14.6. The van der Waals surface area contributed by atoms with E-state index in [1.54, 1.807) is 30.8 Å². The number of Topliss-reactive ketones (excluding diaryl/α,β-unsaturated/α-hetero) is 1. The van der Waals surface area contributed by atoms with E-state index < -0.39 is 0 Å². The largest absolute Gasteiger partial charge is 0.461 e. The van der Waals surface area contributed by atoms with E-state index in [1.165, 1.54) is 12.8 Å². The first kappa shape index (κ1) is 17.2. The third-order valence-corrected chi connectivity index (χ3v) is 5.45. The molecule has 26 heavy (non-hydrogen) atoms. The van der Waals surface area contributed by atoms with E-state index in [9.17, 15) is 4.79 Å². The molecule has 0 bridgehead atoms. The summed E-state index contributed by atoms with van der Waals surface area (Å²) >= 11 is 3.40. The van der Waals surface area contributed by atoms with Gasteiger partial charge in [0.25, 0.3) is 0 Å². The molecule has 1 atom stereocenters. The summed E-state index contributed by atoms with van der Waals surface area (Å²) in [4.78, 5) is 23.9. The van der Waals surface area contributed by atoms with Crippen molar-refractivity contribution in [2.24, 2.45) is 5.92 Å². The zero-order valence-corrected chi connectivity index (χ0v) is 16.2. The molecule has 6 heteroatoms. The number of fused-ring (bicyclic) bond motifs is 1. The zero-order chi connectivity index (χ0) is 18.1. The fraction of sp³-hybridized carbons (Fsp3) is 0.350. The number of carbonyl (C=O) groups is 1. The van der Waals surface area contributed by atoms with Gasteiger partial charge in [0.2, 0.25) is 0 Å². The smallest absolute Gasteiger partial charge is 0.185 e. The summed E-state index contributed by atoms with van der Waals surface area (Å²) in [5.41, 5.74) is 3.86. The number of pyridine rings is 2. The van der Waals surface area contributed by atoms with Crippen LogP contribution >= 0.6 is 15.9 Å². The van der Waals surface area contributed by atoms with Crippen LogP contribution in [0.1, 0.15) is 35.8 Å². The van der Waals surface area contributed by atoms with Gasteiger partial charge in [-0.25, -0.2) is 4.98 Å². The van der Waals surface area contributed by atoms with Crippen molar-refractivity contribution in [1.82, 2.24) is 9.97 Å². The molecule has 0 saturated carbocycles. The molecule has 3 aromatic rings. The van der Waals surface area contributed by atoms with E-state index in [-0.39, 0.29) is 5.78 Å². The van der Waals surface area contributed by atoms with Gasteiger partial charge in [-0.2, -0.15) is 0 Å². The Morgan fingerprint density at radius 3 is 3.12 bits per heavy atom. The summed E-state index contributed by atoms with van der Waals surface area (Å²) < 4.78 is 6.13. The number of carbonyl (C=O) groups excluding carboxylic acids is 1. The molecule has 0 radical (unpaired) electrons. The van der Waals surface area contributed by atoms with Crippen LogP contribution in [0.25, 0.3) is 11.1 Å². The van der Waals surface area contributed by atoms with Gasteiger partial charge in [0.1, 0.15) is 17.5 Å². The molecule has 1 saturated heterocycles. The first-order valence-corrected chi connectivity index (χ1v) is 9.66. The van der Waals surface area contributed by atoms with Crippen LogP contribution in [0.15, 0.2) is 45.7 Å². The molecule has 5 nitrogen and oxygen atoms in total. The van der Waals surface area contributed by atoms with Crippen LogP contribution in [0.3, 0.4) is 0 Å². The van der Waals surface area contributed by atoms with Crippen LogP contribution in [-0.4, -0.2) is 28.8 Å². The number of nitrogens with zero attached hydrogens (tertiary/aromatic N) is 3. The maximum absolute atomic E-state index is 12.8. The van der Waals surface area contributed by atoms with Crippen LogP contribution < -0.4 is 4.90 Å². The Morgan fingerprint density at radius 2 is 2.27 bits per heavy atom. The van der Waals surface area contributed by atoms with Crippen molar-refractivity contribution in [3.05, 3.63) is 52.6 Å². The highest BCUT2D eigenvalue weighted by Crippen LogP contribution is 2.28. The fourth-order valence-corrected chi connectivity index (χ4v) is 3.95. The van der Waals surface area contributed by atoms with Gasteiger partial charge in [-0.05, 0) is 52.9 Å². The molecule has 0 spiro atoms. The fourth-order valence-electron chi connectivity index (χ4n) is 3.58. The highest BCUT2D eigenvalue weighted by Gasteiger charge is 2.21. The number of furan rings is 1. The summed E-state index contributed by atoms with van der Waals surface area (Å²) in [6.07, 6.45) is 7.93. The Balaban J connectivity index is 1.60. The van der Waals surface area contributed by atoms with Crippen LogP contribution in [0.2, 0.25) is 0 Å². The second-order valence-corrected chi connectivity index (χ2v) is 7.78. The predicted molar refractivity (Wildman–Crippen MR) is 105 cm³/mol. The number of rotatable bonds is 4. The topological polar surface area (TPSA) is 59.2 Å². The van der Waals surface area contributed by atoms with E-state index in [0.717, 1.165) is 28.8 Å². The van der Waals surface area contributed by atoms with Crippen molar-refractivity contribution in [1.29, 1.82) is 0 Å². The minimum atomic E-state index is -0.0145. The predicted octanol–water partition coefficient (Wildman–Crippen LogP) is 4.65. The van der Waals surface area contributed by atoms with Crippen molar-refractivity contribution in [3.8, 4) is 0 Å². The molecule has 1 aliphatic rings. The summed E-state index contributed by atoms with van der Waals surface area (Å²) in [6.45, 7) is 4.33. The standard InChI is InChI=1S/C20H20BrN3O2/c1-13-3-2-8-24(11-13)17-6-7-22-10-14(17)9-18(25)16-4-5-19-20(23-16)15(21)12-26-19/h4-7,10,12-13H,2-3,8-9,11H2,1H3/t13-/m0/s1. The summed E-state index contributed by atoms with van der Waals surface area (Å²) in [7, 11) is 0. The second kappa shape index (κ2) is 7.19. The van der Waals surface area contributed by atoms with Crippen LogP contribution in [0.5, 0.6) is 0 Å². The Bertz CT molecular complexity index is 953. The molecular weight excluding hydrogens is 394 g/mol. The Labute approximate surface area is 160 Å². The van der Waals surface area contributed by atoms with E-state index in [2.05, 4.69) is 37.7 Å². The summed E-state index contributed by atoms with van der Waals surface area (Å²) in [5.74, 6) is 0.655. The monoisotopic (exact) mass is 413 g/mol. The van der Waals surface area contributed by atoms with Crippen LogP contribution in [-0.2, 0) is 6.42 Å². The number of halogens is 1. The van der Waals surface area contributed by atoms with E-state index in [1.807, 2.05) is 6.07 Å². The molecule has 1 fully saturated rings. The Hall–Kier alpha value is -2.21. The first-order chi connectivity index (χ1) is 12.6. The molecule has 4 heterocycles. The minimum absolute atomic E-state index is 0.0145. The van der Waals surface area contributed by atoms with Crippen molar-refractivity contribution in [3.63, 3.8) is 0 Å². The van der Waals surface area contributed by atoms with Gasteiger partial charge in [0, 0.05) is 43.2 Å². The number of anilines is 1. The van der Waals surface area contributed by atoms with Gasteiger partial charge >= 0.3 is 0 Å². The summed E-state index contributed by atoms with van der Waals surface area (Å²) in [6, 6.07) is 5.53. The SMILES string of the molecule is C[C@H]1CCCN(c2ccncc2CC(=O)c2ccc3occ(Br)c3n2)C1. The average Bonchev–Trinajstić information content (AvgIpc) is 3.02. The average molecular weight is 414 g/mol. The van der Waals surface area contributed by atoms with E-state index in [0.29, 0.717) is 29.1 Å². The van der Waals surface area contributed by atoms with Crippen molar-refractivity contribution >= 4 is 38.5 Å². The Kier molecular flexibility index (Phi) is 4.76. The number of ketones is 1. The van der Waals surface area contributed by atoms with Crippen molar-refractivity contribution < 1.29 is 9.21 Å². The van der Waals surface area contributed by atoms with E-state index in [4.69, 9.17) is 4.42 Å². The van der Waals surface area contributed by atoms with Crippen LogP contribution in [0, 0.1) is 5.92 Å². The highest BCUT2D eigenvalue weighted by molar-refractivity contribution is 9.10. The number of hydrogen-bond acceptors (Lipinski definition) is 5. The lowest BCUT2D eigenvalue weighted by atomic mass is 9.98. The highest BCUT2D eigenvalue weighted by atomic mass is 79.9. The molecule has 4 rings (SSSR count). The lowest BCUT2D eigenvalue weighted by Gasteiger charge is -2.34. The van der Waals surface area contributed by atoms with Gasteiger partial charge in [0.05, 0.1) is 4.47 Å². The molecule has 0 aromatic carbocycles. The van der Waals surface area contributed by atoms with Crippen molar-refractivity contribution in [2.75, 3.05) is 18.0 Å². The Morgan fingerprint density at radius 1 is 1.38 bits per heavy atom. The van der Waals surface area contributed by atoms with Gasteiger partial charge in [-0.1, -0.05) is 6.92 Å². The van der Waals surface area contributed by atoms with Gasteiger partial charge in [-0.15, -0.1) is 0 Å². The quantitative estimate of drug-likeness (QED) is 0.582. The molecule has 0 aliphatic carbocycles. The lowest BCUT2D eigenvalue weighted by molar-refractivity contribution is 0.0988. The van der Waals surface area contributed by atoms with Crippen LogP contribution in [0.4, 0.5) is 5.69 Å². The maximum atomic E-state index is 12.8. The van der Waals surface area contributed by atoms with Crippen molar-refractivity contribution in [2.45, 2.75) is 26.2 Å². The third kappa shape index (κ3) is 3.38. The molecule has 1 aliphatic heterocycles. The normalized spacial score (nSPS) is 17.6. The lowest BCUT2D eigenvalue weighted by Crippen LogP contribution is -2.35. The minimum Gasteiger partial charge on any atom is -0.461 e. The molecule has 134 valence electrons. The number of aromatic nitrogens is 2. The van der Waals surface area contributed by atoms with Gasteiger partial charge < -0.3 is 9.32 Å². The molecule has 0 unspecified atom stereocenters. The number of hydrogen-bond donors (Lipinski definition) is 0. The first-order valence-electron chi connectivity index (χ1n) is 8.86. The molecule has 0 N–H and O–H groups in total. The maximum Gasteiger partial charge on any atom is 0.185 e. The van der Waals surface area contributed by atoms with Gasteiger partial charge in [0.15, 0.2) is 11.4 Å². The second-order valence-electron chi connectivity index (χ2n) is 6.92. The summed E-state index contributed by atoms with van der Waals surface area (Å²) in [5, 5.41) is 0. The number of piperidine rings is 1. The third-order valence-electron chi connectivity index (χ3n) is 4.89. The molecule has 3 aromatic heterocycles. The van der Waals surface area contributed by atoms with Gasteiger partial charge in [-0.3, -0.25) is 9.78 Å². The van der Waals surface area contributed by atoms with E-state index >= 15 is 0 Å². The molecular formula is C20H20BrN3O2. The molecule has 0 amide bonds.